The van der Waals surface area contributed by atoms with Crippen molar-refractivity contribution in [2.75, 3.05) is 37.7 Å². The van der Waals surface area contributed by atoms with E-state index in [1.165, 1.54) is 0 Å². The van der Waals surface area contributed by atoms with E-state index in [-0.39, 0.29) is 45.2 Å². The molecule has 0 atom stereocenters. The molecular formula is C27H25Cl2F3N4O3S. The van der Waals surface area contributed by atoms with E-state index in [0.29, 0.717) is 20.2 Å². The molecule has 0 aliphatic carbocycles. The second-order valence-corrected chi connectivity index (χ2v) is 12.2. The highest BCUT2D eigenvalue weighted by molar-refractivity contribution is 7.90. The van der Waals surface area contributed by atoms with Gasteiger partial charge in [0.2, 0.25) is 0 Å². The first-order valence-corrected chi connectivity index (χ1v) is 14.6. The average Bonchev–Trinajstić information content (AvgIpc) is 3.28. The van der Waals surface area contributed by atoms with Gasteiger partial charge in [-0.2, -0.15) is 22.6 Å². The first kappa shape index (κ1) is 28.7. The number of sulfonamides is 1. The number of fused-ring (bicyclic) bond motifs is 1. The molecule has 4 aromatic rings. The Morgan fingerprint density at radius 3 is 1.88 bits per heavy atom. The van der Waals surface area contributed by atoms with Crippen molar-refractivity contribution in [2.45, 2.75) is 18.0 Å². The number of aliphatic hydroxyl groups is 1. The van der Waals surface area contributed by atoms with Gasteiger partial charge in [-0.05, 0) is 53.1 Å². The summed E-state index contributed by atoms with van der Waals surface area (Å²) in [6, 6.07) is 20.9. The minimum absolute atomic E-state index is 0.0303. The molecule has 1 N–H and O–H groups in total. The van der Waals surface area contributed by atoms with Crippen LogP contribution in [0.15, 0.2) is 66.7 Å². The fraction of sp³-hybridized carbons (Fsp3) is 0.296. The lowest BCUT2D eigenvalue weighted by molar-refractivity contribution is -0.0490. The number of aliphatic hydroxyl groups excluding tert-OH is 1. The van der Waals surface area contributed by atoms with Gasteiger partial charge in [0.05, 0.1) is 18.7 Å². The van der Waals surface area contributed by atoms with E-state index in [1.54, 1.807) is 9.58 Å². The van der Waals surface area contributed by atoms with Gasteiger partial charge in [-0.3, -0.25) is 4.68 Å². The van der Waals surface area contributed by atoms with Gasteiger partial charge in [-0.15, -0.1) is 0 Å². The SMILES string of the molecule is O=S(=O)(N1CCN(c2nn(CCO)c3ccc(C(c4ccc(Cl)cc4)c4ccc(Cl)cc4)cc23)CC1)C(F)(F)F. The molecule has 0 spiro atoms. The Hall–Kier alpha value is -2.83. The van der Waals surface area contributed by atoms with Crippen LogP contribution in [0.1, 0.15) is 22.6 Å². The van der Waals surface area contributed by atoms with Gasteiger partial charge in [-0.1, -0.05) is 53.5 Å². The summed E-state index contributed by atoms with van der Waals surface area (Å²) in [6.07, 6.45) is 0. The standard InChI is InChI=1S/C27H25Cl2F3N4O3S/c28-21-6-1-18(2-7-21)25(19-3-8-22(29)9-4-19)20-5-10-24-23(17-20)26(33-36(24)15-16-37)34-11-13-35(14-12-34)40(38,39)27(30,31)32/h1-10,17,25,37H,11-16H2. The Morgan fingerprint density at radius 1 is 0.850 bits per heavy atom. The van der Waals surface area contributed by atoms with Crippen LogP contribution in [-0.4, -0.2) is 65.9 Å². The van der Waals surface area contributed by atoms with Crippen LogP contribution in [0.4, 0.5) is 19.0 Å². The lowest BCUT2D eigenvalue weighted by Gasteiger charge is -2.34. The molecule has 0 amide bonds. The second-order valence-electron chi connectivity index (χ2n) is 9.42. The average molecular weight is 613 g/mol. The molecule has 0 unspecified atom stereocenters. The Kier molecular flexibility index (Phi) is 8.04. The number of hydrogen-bond donors (Lipinski definition) is 1. The fourth-order valence-electron chi connectivity index (χ4n) is 5.03. The molecule has 1 saturated heterocycles. The largest absolute Gasteiger partial charge is 0.511 e. The van der Waals surface area contributed by atoms with Crippen molar-refractivity contribution in [1.82, 2.24) is 14.1 Å². The summed E-state index contributed by atoms with van der Waals surface area (Å²) in [4.78, 5) is 1.78. The van der Waals surface area contributed by atoms with Crippen LogP contribution in [0, 0.1) is 0 Å². The first-order valence-electron chi connectivity index (χ1n) is 12.4. The molecule has 0 saturated carbocycles. The normalized spacial score (nSPS) is 15.3. The van der Waals surface area contributed by atoms with Crippen molar-refractivity contribution in [3.05, 3.63) is 93.5 Å². The molecule has 5 rings (SSSR count). The van der Waals surface area contributed by atoms with Crippen LogP contribution >= 0.6 is 23.2 Å². The lowest BCUT2D eigenvalue weighted by Crippen LogP contribution is -2.52. The van der Waals surface area contributed by atoms with Gasteiger partial charge >= 0.3 is 15.5 Å². The van der Waals surface area contributed by atoms with Crippen LogP contribution in [0.5, 0.6) is 0 Å². The minimum Gasteiger partial charge on any atom is -0.394 e. The summed E-state index contributed by atoms with van der Waals surface area (Å²) >= 11 is 12.3. The third-order valence-electron chi connectivity index (χ3n) is 6.98. The highest BCUT2D eigenvalue weighted by Crippen LogP contribution is 2.37. The molecule has 40 heavy (non-hydrogen) atoms. The zero-order chi connectivity index (χ0) is 28.7. The fourth-order valence-corrected chi connectivity index (χ4v) is 6.22. The predicted octanol–water partition coefficient (Wildman–Crippen LogP) is 5.49. The molecule has 212 valence electrons. The molecule has 7 nitrogen and oxygen atoms in total. The number of hydrogen-bond acceptors (Lipinski definition) is 5. The molecule has 0 bridgehead atoms. The van der Waals surface area contributed by atoms with Crippen LogP contribution in [0.3, 0.4) is 0 Å². The van der Waals surface area contributed by atoms with Gasteiger partial charge in [-0.25, -0.2) is 8.42 Å². The molecule has 13 heteroatoms. The molecule has 2 heterocycles. The van der Waals surface area contributed by atoms with Gasteiger partial charge in [0.15, 0.2) is 5.82 Å². The maximum Gasteiger partial charge on any atom is 0.511 e. The molecule has 3 aromatic carbocycles. The van der Waals surface area contributed by atoms with E-state index in [4.69, 9.17) is 23.2 Å². The third-order valence-corrected chi connectivity index (χ3v) is 9.11. The van der Waals surface area contributed by atoms with Crippen LogP contribution in [0.2, 0.25) is 10.0 Å². The van der Waals surface area contributed by atoms with E-state index in [2.05, 4.69) is 5.10 Å². The van der Waals surface area contributed by atoms with Gasteiger partial charge in [0, 0.05) is 47.5 Å². The van der Waals surface area contributed by atoms with E-state index in [0.717, 1.165) is 27.6 Å². The van der Waals surface area contributed by atoms with Crippen molar-refractivity contribution in [1.29, 1.82) is 0 Å². The first-order chi connectivity index (χ1) is 19.0. The molecule has 1 aliphatic heterocycles. The summed E-state index contributed by atoms with van der Waals surface area (Å²) < 4.78 is 65.1. The number of halogens is 5. The van der Waals surface area contributed by atoms with Crippen LogP contribution in [0.25, 0.3) is 10.9 Å². The summed E-state index contributed by atoms with van der Waals surface area (Å²) in [5.74, 6) is 0.321. The summed E-state index contributed by atoms with van der Waals surface area (Å²) in [5.41, 5.74) is -1.70. The van der Waals surface area contributed by atoms with Crippen molar-refractivity contribution >= 4 is 49.9 Å². The van der Waals surface area contributed by atoms with Crippen LogP contribution < -0.4 is 4.90 Å². The number of alkyl halides is 3. The van der Waals surface area contributed by atoms with E-state index in [1.807, 2.05) is 66.7 Å². The molecule has 1 aliphatic rings. The summed E-state index contributed by atoms with van der Waals surface area (Å²) in [5, 5.41) is 16.2. The minimum atomic E-state index is -5.41. The monoisotopic (exact) mass is 612 g/mol. The zero-order valence-electron chi connectivity index (χ0n) is 21.0. The number of nitrogens with zero attached hydrogens (tertiary/aromatic N) is 4. The number of piperazine rings is 1. The number of aromatic nitrogens is 2. The Bertz CT molecular complexity index is 1560. The Labute approximate surface area is 239 Å². The number of benzene rings is 3. The van der Waals surface area contributed by atoms with Gasteiger partial charge < -0.3 is 10.0 Å². The second kappa shape index (κ2) is 11.2. The van der Waals surface area contributed by atoms with Crippen molar-refractivity contribution in [2.24, 2.45) is 0 Å². The maximum atomic E-state index is 13.1. The highest BCUT2D eigenvalue weighted by Gasteiger charge is 2.50. The van der Waals surface area contributed by atoms with Gasteiger partial charge in [0.1, 0.15) is 0 Å². The Balaban J connectivity index is 1.56. The van der Waals surface area contributed by atoms with E-state index >= 15 is 0 Å². The molecule has 0 radical (unpaired) electrons. The van der Waals surface area contributed by atoms with Crippen molar-refractivity contribution in [3.8, 4) is 0 Å². The molecule has 1 fully saturated rings. The van der Waals surface area contributed by atoms with Crippen molar-refractivity contribution in [3.63, 3.8) is 0 Å². The summed E-state index contributed by atoms with van der Waals surface area (Å²) in [7, 11) is -5.41. The quantitative estimate of drug-likeness (QED) is 0.279. The van der Waals surface area contributed by atoms with E-state index < -0.39 is 15.5 Å². The number of anilines is 1. The highest BCUT2D eigenvalue weighted by atomic mass is 35.5. The van der Waals surface area contributed by atoms with Gasteiger partial charge in [0.25, 0.3) is 0 Å². The van der Waals surface area contributed by atoms with E-state index in [9.17, 15) is 26.7 Å². The summed E-state index contributed by atoms with van der Waals surface area (Å²) in [6.45, 7) is -0.531. The smallest absolute Gasteiger partial charge is 0.394 e. The zero-order valence-corrected chi connectivity index (χ0v) is 23.3. The van der Waals surface area contributed by atoms with Crippen molar-refractivity contribution < 1.29 is 26.7 Å². The molecular weight excluding hydrogens is 588 g/mol. The molecule has 1 aromatic heterocycles. The van der Waals surface area contributed by atoms with Crippen LogP contribution in [-0.2, 0) is 16.6 Å². The lowest BCUT2D eigenvalue weighted by atomic mass is 9.85. The maximum absolute atomic E-state index is 13.1. The predicted molar refractivity (Wildman–Crippen MR) is 149 cm³/mol. The number of rotatable bonds is 7. The Morgan fingerprint density at radius 2 is 1.38 bits per heavy atom. The topological polar surface area (TPSA) is 78.7 Å². The third kappa shape index (κ3) is 5.53.